The Morgan fingerprint density at radius 3 is 2.50 bits per heavy atom. The summed E-state index contributed by atoms with van der Waals surface area (Å²) in [6, 6.07) is 10.0. The first kappa shape index (κ1) is 14.3. The Morgan fingerprint density at radius 1 is 1.30 bits per heavy atom. The Kier molecular flexibility index (Phi) is 3.93. The molecule has 1 aliphatic heterocycles. The molecule has 2 N–H and O–H groups in total. The van der Waals surface area contributed by atoms with Crippen LogP contribution in [0.25, 0.3) is 0 Å². The molecule has 0 aliphatic carbocycles. The highest BCUT2D eigenvalue weighted by Crippen LogP contribution is 2.24. The van der Waals surface area contributed by atoms with Crippen molar-refractivity contribution in [2.24, 2.45) is 0 Å². The van der Waals surface area contributed by atoms with Crippen LogP contribution >= 0.6 is 0 Å². The molecule has 2 rings (SSSR count). The molecule has 0 spiro atoms. The average molecular weight is 271 g/mol. The Hall–Kier alpha value is -2.10. The van der Waals surface area contributed by atoms with Crippen LogP contribution in [-0.2, 0) is 11.3 Å². The third kappa shape index (κ3) is 2.90. The second kappa shape index (κ2) is 5.49. The SMILES string of the molecule is CC(C)(C)N1CC(NCc2ccccc2)=C(C=N)C1=O. The number of amides is 1. The number of hydrogen-bond acceptors (Lipinski definition) is 3. The van der Waals surface area contributed by atoms with Crippen LogP contribution < -0.4 is 5.32 Å². The zero-order valence-electron chi connectivity index (χ0n) is 12.2. The number of carbonyl (C=O) groups is 1. The topological polar surface area (TPSA) is 56.2 Å². The molecule has 4 nitrogen and oxygen atoms in total. The van der Waals surface area contributed by atoms with Crippen LogP contribution in [0.5, 0.6) is 0 Å². The van der Waals surface area contributed by atoms with Crippen LogP contribution in [0, 0.1) is 5.41 Å². The Balaban J connectivity index is 2.12. The van der Waals surface area contributed by atoms with Gasteiger partial charge in [-0.3, -0.25) is 4.79 Å². The maximum atomic E-state index is 12.3. The van der Waals surface area contributed by atoms with Crippen molar-refractivity contribution in [3.05, 3.63) is 47.2 Å². The van der Waals surface area contributed by atoms with E-state index < -0.39 is 0 Å². The standard InChI is InChI=1S/C16H21N3O/c1-16(2,3)19-11-14(13(9-17)15(19)20)18-10-12-7-5-4-6-8-12/h4-9,17-18H,10-11H2,1-3H3. The fraction of sp³-hybridized carbons (Fsp3) is 0.375. The van der Waals surface area contributed by atoms with Crippen molar-refractivity contribution in [1.29, 1.82) is 5.41 Å². The fourth-order valence-electron chi connectivity index (χ4n) is 2.24. The maximum Gasteiger partial charge on any atom is 0.258 e. The van der Waals surface area contributed by atoms with Gasteiger partial charge in [-0.1, -0.05) is 30.3 Å². The Morgan fingerprint density at radius 2 is 1.95 bits per heavy atom. The quantitative estimate of drug-likeness (QED) is 0.826. The number of benzene rings is 1. The highest BCUT2D eigenvalue weighted by atomic mass is 16.2. The number of rotatable bonds is 4. The van der Waals surface area contributed by atoms with Gasteiger partial charge in [0.15, 0.2) is 0 Å². The molecule has 20 heavy (non-hydrogen) atoms. The zero-order chi connectivity index (χ0) is 14.8. The van der Waals surface area contributed by atoms with Gasteiger partial charge in [-0.2, -0.15) is 0 Å². The molecule has 106 valence electrons. The minimum absolute atomic E-state index is 0.0666. The van der Waals surface area contributed by atoms with E-state index in [0.717, 1.165) is 17.5 Å². The second-order valence-corrected chi connectivity index (χ2v) is 5.94. The summed E-state index contributed by atoms with van der Waals surface area (Å²) in [5, 5.41) is 10.8. The van der Waals surface area contributed by atoms with Crippen molar-refractivity contribution in [2.45, 2.75) is 32.9 Å². The first-order valence-electron chi connectivity index (χ1n) is 6.77. The summed E-state index contributed by atoms with van der Waals surface area (Å²) in [4.78, 5) is 14.1. The van der Waals surface area contributed by atoms with Gasteiger partial charge in [0.2, 0.25) is 0 Å². The van der Waals surface area contributed by atoms with Crippen LogP contribution in [0.1, 0.15) is 26.3 Å². The normalized spacial score (nSPS) is 15.8. The Bertz CT molecular complexity index is 541. The minimum atomic E-state index is -0.235. The van der Waals surface area contributed by atoms with Crippen molar-refractivity contribution in [3.63, 3.8) is 0 Å². The first-order chi connectivity index (χ1) is 9.43. The number of carbonyl (C=O) groups excluding carboxylic acids is 1. The summed E-state index contributed by atoms with van der Waals surface area (Å²) in [5.41, 5.74) is 2.23. The van der Waals surface area contributed by atoms with Gasteiger partial charge in [0, 0.05) is 24.0 Å². The number of nitrogens with zero attached hydrogens (tertiary/aromatic N) is 1. The van der Waals surface area contributed by atoms with Gasteiger partial charge in [0.05, 0.1) is 12.1 Å². The van der Waals surface area contributed by atoms with Crippen LogP contribution in [0.3, 0.4) is 0 Å². The highest BCUT2D eigenvalue weighted by Gasteiger charge is 2.35. The molecule has 1 aliphatic rings. The molecular weight excluding hydrogens is 250 g/mol. The molecule has 0 bridgehead atoms. The molecule has 0 saturated heterocycles. The van der Waals surface area contributed by atoms with Gasteiger partial charge in [-0.15, -0.1) is 0 Å². The van der Waals surface area contributed by atoms with Gasteiger partial charge in [0.25, 0.3) is 5.91 Å². The van der Waals surface area contributed by atoms with Crippen LogP contribution in [0.4, 0.5) is 0 Å². The maximum absolute atomic E-state index is 12.3. The van der Waals surface area contributed by atoms with Crippen LogP contribution in [0.15, 0.2) is 41.6 Å². The van der Waals surface area contributed by atoms with E-state index in [1.807, 2.05) is 51.1 Å². The summed E-state index contributed by atoms with van der Waals surface area (Å²) in [5.74, 6) is -0.0666. The number of nitrogens with one attached hydrogen (secondary N) is 2. The average Bonchev–Trinajstić information content (AvgIpc) is 2.73. The van der Waals surface area contributed by atoms with Crippen molar-refractivity contribution in [1.82, 2.24) is 10.2 Å². The van der Waals surface area contributed by atoms with E-state index >= 15 is 0 Å². The molecular formula is C16H21N3O. The summed E-state index contributed by atoms with van der Waals surface area (Å²) in [6.07, 6.45) is 1.15. The first-order valence-corrected chi connectivity index (χ1v) is 6.77. The van der Waals surface area contributed by atoms with Gasteiger partial charge in [-0.05, 0) is 26.3 Å². The lowest BCUT2D eigenvalue weighted by molar-refractivity contribution is -0.129. The van der Waals surface area contributed by atoms with Gasteiger partial charge in [0.1, 0.15) is 0 Å². The van der Waals surface area contributed by atoms with Gasteiger partial charge < -0.3 is 15.6 Å². The van der Waals surface area contributed by atoms with Crippen molar-refractivity contribution < 1.29 is 4.79 Å². The molecule has 4 heteroatoms. The van der Waals surface area contributed by atoms with Crippen molar-refractivity contribution >= 4 is 12.1 Å². The van der Waals surface area contributed by atoms with Crippen molar-refractivity contribution in [3.8, 4) is 0 Å². The lowest BCUT2D eigenvalue weighted by atomic mass is 10.1. The lowest BCUT2D eigenvalue weighted by Gasteiger charge is -2.32. The highest BCUT2D eigenvalue weighted by molar-refractivity contribution is 6.14. The zero-order valence-corrected chi connectivity index (χ0v) is 12.2. The monoisotopic (exact) mass is 271 g/mol. The van der Waals surface area contributed by atoms with Crippen molar-refractivity contribution in [2.75, 3.05) is 6.54 Å². The molecule has 0 atom stereocenters. The minimum Gasteiger partial charge on any atom is -0.382 e. The fourth-order valence-corrected chi connectivity index (χ4v) is 2.24. The van der Waals surface area contributed by atoms with Gasteiger partial charge >= 0.3 is 0 Å². The van der Waals surface area contributed by atoms with Crippen LogP contribution in [0.2, 0.25) is 0 Å². The van der Waals surface area contributed by atoms with E-state index in [0.29, 0.717) is 18.7 Å². The summed E-state index contributed by atoms with van der Waals surface area (Å²) < 4.78 is 0. The van der Waals surface area contributed by atoms with Crippen LogP contribution in [-0.4, -0.2) is 29.1 Å². The second-order valence-electron chi connectivity index (χ2n) is 5.94. The number of hydrogen-bond donors (Lipinski definition) is 2. The molecule has 0 saturated carbocycles. The molecule has 1 amide bonds. The molecule has 1 heterocycles. The van der Waals surface area contributed by atoms with E-state index in [1.165, 1.54) is 0 Å². The predicted octanol–water partition coefficient (Wildman–Crippen LogP) is 2.32. The van der Waals surface area contributed by atoms with Gasteiger partial charge in [-0.25, -0.2) is 0 Å². The Labute approximate surface area is 120 Å². The summed E-state index contributed by atoms with van der Waals surface area (Å²) in [7, 11) is 0. The summed E-state index contributed by atoms with van der Waals surface area (Å²) >= 11 is 0. The summed E-state index contributed by atoms with van der Waals surface area (Å²) in [6.45, 7) is 7.23. The molecule has 1 aromatic carbocycles. The van der Waals surface area contributed by atoms with E-state index in [9.17, 15) is 4.79 Å². The molecule has 0 fully saturated rings. The predicted molar refractivity (Wildman–Crippen MR) is 80.6 cm³/mol. The third-order valence-electron chi connectivity index (χ3n) is 3.42. The van der Waals surface area contributed by atoms with E-state index in [1.54, 1.807) is 4.90 Å². The lowest BCUT2D eigenvalue weighted by Crippen LogP contribution is -2.43. The van der Waals surface area contributed by atoms with E-state index in [-0.39, 0.29) is 11.4 Å². The largest absolute Gasteiger partial charge is 0.382 e. The molecule has 0 radical (unpaired) electrons. The molecule has 0 unspecified atom stereocenters. The smallest absolute Gasteiger partial charge is 0.258 e. The van der Waals surface area contributed by atoms with E-state index in [2.05, 4.69) is 5.32 Å². The molecule has 0 aromatic heterocycles. The van der Waals surface area contributed by atoms with E-state index in [4.69, 9.17) is 5.41 Å². The third-order valence-corrected chi connectivity index (χ3v) is 3.42. The molecule has 1 aromatic rings.